The number of hydrogen-bond donors (Lipinski definition) is 1. The minimum Gasteiger partial charge on any atom is -0.490 e. The van der Waals surface area contributed by atoms with E-state index in [-0.39, 0.29) is 30.1 Å². The molecule has 1 rings (SSSR count). The number of halogens is 1. The van der Waals surface area contributed by atoms with Gasteiger partial charge in [-0.05, 0) is 26.3 Å². The average molecular weight is 315 g/mol. The third-order valence-corrected chi connectivity index (χ3v) is 3.04. The van der Waals surface area contributed by atoms with Gasteiger partial charge in [-0.15, -0.1) is 0 Å². The summed E-state index contributed by atoms with van der Waals surface area (Å²) < 4.78 is 10.9. The average Bonchev–Trinajstić information content (AvgIpc) is 2.41. The van der Waals surface area contributed by atoms with Crippen LogP contribution in [0.1, 0.15) is 43.5 Å². The number of carbonyl (C=O) groups is 2. The zero-order valence-corrected chi connectivity index (χ0v) is 12.9. The number of aliphatic carboxylic acids is 1. The summed E-state index contributed by atoms with van der Waals surface area (Å²) in [7, 11) is 0. The van der Waals surface area contributed by atoms with Gasteiger partial charge in [-0.1, -0.05) is 11.6 Å². The highest BCUT2D eigenvalue weighted by atomic mass is 35.5. The molecule has 0 unspecified atom stereocenters. The van der Waals surface area contributed by atoms with Gasteiger partial charge in [0.05, 0.1) is 18.2 Å². The number of carbonyl (C=O) groups excluding carboxylic acids is 1. The molecular formula is C15H19ClO5. The molecule has 0 aliphatic carbocycles. The Morgan fingerprint density at radius 1 is 1.10 bits per heavy atom. The van der Waals surface area contributed by atoms with Crippen molar-refractivity contribution in [2.24, 2.45) is 0 Å². The summed E-state index contributed by atoms with van der Waals surface area (Å²) in [6.07, 6.45) is 0.367. The molecule has 0 amide bonds. The van der Waals surface area contributed by atoms with Crippen LogP contribution in [0.2, 0.25) is 5.02 Å². The molecule has 0 heterocycles. The third kappa shape index (κ3) is 5.27. The van der Waals surface area contributed by atoms with Gasteiger partial charge in [0.2, 0.25) is 0 Å². The van der Waals surface area contributed by atoms with Crippen molar-refractivity contribution in [3.8, 4) is 11.5 Å². The van der Waals surface area contributed by atoms with Gasteiger partial charge in [-0.2, -0.15) is 0 Å². The maximum Gasteiger partial charge on any atom is 0.303 e. The number of benzene rings is 1. The molecule has 5 nitrogen and oxygen atoms in total. The van der Waals surface area contributed by atoms with E-state index in [9.17, 15) is 9.59 Å². The van der Waals surface area contributed by atoms with Crippen LogP contribution in [0.25, 0.3) is 0 Å². The summed E-state index contributed by atoms with van der Waals surface area (Å²) in [5.74, 6) is -0.169. The Balaban J connectivity index is 2.93. The van der Waals surface area contributed by atoms with Crippen LogP contribution in [0.3, 0.4) is 0 Å². The Morgan fingerprint density at radius 2 is 1.67 bits per heavy atom. The minimum absolute atomic E-state index is 0.0430. The van der Waals surface area contributed by atoms with E-state index in [1.807, 2.05) is 13.8 Å². The molecule has 116 valence electrons. The number of ether oxygens (including phenoxy) is 2. The van der Waals surface area contributed by atoms with Gasteiger partial charge in [-0.3, -0.25) is 9.59 Å². The molecule has 0 radical (unpaired) electrons. The van der Waals surface area contributed by atoms with Crippen LogP contribution >= 0.6 is 11.6 Å². The van der Waals surface area contributed by atoms with Crippen molar-refractivity contribution in [2.45, 2.75) is 33.1 Å². The minimum atomic E-state index is -0.921. The molecule has 0 fully saturated rings. The highest BCUT2D eigenvalue weighted by Crippen LogP contribution is 2.34. The maximum atomic E-state index is 12.1. The normalized spacial score (nSPS) is 10.2. The highest BCUT2D eigenvalue weighted by Gasteiger charge is 2.16. The molecule has 1 aromatic rings. The monoisotopic (exact) mass is 314 g/mol. The Labute approximate surface area is 128 Å². The van der Waals surface area contributed by atoms with E-state index in [1.54, 1.807) is 12.1 Å². The smallest absolute Gasteiger partial charge is 0.303 e. The quantitative estimate of drug-likeness (QED) is 0.705. The Morgan fingerprint density at radius 3 is 2.19 bits per heavy atom. The van der Waals surface area contributed by atoms with Gasteiger partial charge >= 0.3 is 5.97 Å². The van der Waals surface area contributed by atoms with Crippen LogP contribution in [0.15, 0.2) is 12.1 Å². The molecule has 0 atom stereocenters. The van der Waals surface area contributed by atoms with Crippen molar-refractivity contribution in [1.29, 1.82) is 0 Å². The highest BCUT2D eigenvalue weighted by molar-refractivity contribution is 6.34. The molecule has 0 aliphatic rings. The second-order valence-electron chi connectivity index (χ2n) is 4.32. The molecule has 0 saturated carbocycles. The van der Waals surface area contributed by atoms with Gasteiger partial charge < -0.3 is 14.6 Å². The standard InChI is InChI=1S/C15H19ClO5/c1-3-20-13-8-10(11(16)9-14(13)21-4-2)12(17)6-5-7-15(18)19/h8-9H,3-7H2,1-2H3,(H,18,19). The number of rotatable bonds is 9. The molecule has 1 aromatic carbocycles. The number of ketones is 1. The second kappa shape index (κ2) is 8.52. The fourth-order valence-corrected chi connectivity index (χ4v) is 2.08. The summed E-state index contributed by atoms with van der Waals surface area (Å²) in [5, 5.41) is 8.87. The van der Waals surface area contributed by atoms with Gasteiger partial charge in [0.25, 0.3) is 0 Å². The first-order valence-corrected chi connectivity index (χ1v) is 7.21. The zero-order valence-electron chi connectivity index (χ0n) is 12.1. The molecule has 0 aliphatic heterocycles. The first-order chi connectivity index (χ1) is 9.99. The van der Waals surface area contributed by atoms with E-state index >= 15 is 0 Å². The van der Waals surface area contributed by atoms with Crippen LogP contribution in [-0.4, -0.2) is 30.1 Å². The van der Waals surface area contributed by atoms with Crippen molar-refractivity contribution in [3.63, 3.8) is 0 Å². The van der Waals surface area contributed by atoms with E-state index in [2.05, 4.69) is 0 Å². The second-order valence-corrected chi connectivity index (χ2v) is 4.72. The first kappa shape index (κ1) is 17.3. The lowest BCUT2D eigenvalue weighted by Crippen LogP contribution is -2.05. The van der Waals surface area contributed by atoms with Gasteiger partial charge in [-0.25, -0.2) is 0 Å². The van der Waals surface area contributed by atoms with Crippen LogP contribution in [-0.2, 0) is 4.79 Å². The molecule has 0 spiro atoms. The predicted octanol–water partition coefficient (Wildman–Crippen LogP) is 3.58. The van der Waals surface area contributed by atoms with Crippen molar-refractivity contribution < 1.29 is 24.2 Å². The van der Waals surface area contributed by atoms with Gasteiger partial charge in [0.1, 0.15) is 0 Å². The number of hydrogen-bond acceptors (Lipinski definition) is 4. The van der Waals surface area contributed by atoms with Crippen molar-refractivity contribution in [2.75, 3.05) is 13.2 Å². The van der Waals surface area contributed by atoms with Crippen LogP contribution in [0.5, 0.6) is 11.5 Å². The number of carboxylic acid groups (broad SMARTS) is 1. The molecular weight excluding hydrogens is 296 g/mol. The van der Waals surface area contributed by atoms with E-state index < -0.39 is 5.97 Å². The van der Waals surface area contributed by atoms with E-state index in [1.165, 1.54) is 0 Å². The lowest BCUT2D eigenvalue weighted by molar-refractivity contribution is -0.137. The molecule has 0 aromatic heterocycles. The fraction of sp³-hybridized carbons (Fsp3) is 0.467. The molecule has 0 bridgehead atoms. The molecule has 6 heteroatoms. The summed E-state index contributed by atoms with van der Waals surface area (Å²) in [6, 6.07) is 3.11. The Kier molecular flexibility index (Phi) is 7.02. The van der Waals surface area contributed by atoms with Gasteiger partial charge in [0.15, 0.2) is 17.3 Å². The van der Waals surface area contributed by atoms with Crippen LogP contribution < -0.4 is 9.47 Å². The number of carboxylic acids is 1. The SMILES string of the molecule is CCOc1cc(Cl)c(C(=O)CCCC(=O)O)cc1OCC. The van der Waals surface area contributed by atoms with Crippen molar-refractivity contribution >= 4 is 23.4 Å². The predicted molar refractivity (Wildman–Crippen MR) is 79.6 cm³/mol. The zero-order chi connectivity index (χ0) is 15.8. The Bertz CT molecular complexity index is 513. The summed E-state index contributed by atoms with van der Waals surface area (Å²) in [4.78, 5) is 22.6. The van der Waals surface area contributed by atoms with Crippen LogP contribution in [0, 0.1) is 0 Å². The summed E-state index contributed by atoms with van der Waals surface area (Å²) in [5.41, 5.74) is 0.328. The summed E-state index contributed by atoms with van der Waals surface area (Å²) in [6.45, 7) is 4.57. The maximum absolute atomic E-state index is 12.1. The molecule has 21 heavy (non-hydrogen) atoms. The lowest BCUT2D eigenvalue weighted by Gasteiger charge is -2.13. The largest absolute Gasteiger partial charge is 0.490 e. The first-order valence-electron chi connectivity index (χ1n) is 6.83. The fourth-order valence-electron chi connectivity index (χ4n) is 1.82. The Hall–Kier alpha value is -1.75. The molecule has 0 saturated heterocycles. The van der Waals surface area contributed by atoms with Crippen LogP contribution in [0.4, 0.5) is 0 Å². The topological polar surface area (TPSA) is 72.8 Å². The lowest BCUT2D eigenvalue weighted by atomic mass is 10.0. The van der Waals surface area contributed by atoms with Crippen molar-refractivity contribution in [1.82, 2.24) is 0 Å². The summed E-state index contributed by atoms with van der Waals surface area (Å²) >= 11 is 6.10. The van der Waals surface area contributed by atoms with Crippen molar-refractivity contribution in [3.05, 3.63) is 22.7 Å². The van der Waals surface area contributed by atoms with E-state index in [0.717, 1.165) is 0 Å². The van der Waals surface area contributed by atoms with E-state index in [0.29, 0.717) is 30.3 Å². The van der Waals surface area contributed by atoms with E-state index in [4.69, 9.17) is 26.2 Å². The molecule has 1 N–H and O–H groups in total. The third-order valence-electron chi connectivity index (χ3n) is 2.73. The number of Topliss-reactive ketones (excluding diaryl/α,β-unsaturated/α-hetero) is 1. The van der Waals surface area contributed by atoms with Gasteiger partial charge in [0, 0.05) is 24.5 Å².